The van der Waals surface area contributed by atoms with E-state index in [-0.39, 0.29) is 42.6 Å². The molecule has 0 radical (unpaired) electrons. The third kappa shape index (κ3) is 4.08. The van der Waals surface area contributed by atoms with Crippen molar-refractivity contribution >= 4 is 17.6 Å². The summed E-state index contributed by atoms with van der Waals surface area (Å²) in [6.45, 7) is 4.43. The first-order chi connectivity index (χ1) is 11.3. The summed E-state index contributed by atoms with van der Waals surface area (Å²) in [5.41, 5.74) is 0.718. The van der Waals surface area contributed by atoms with Gasteiger partial charge in [-0.1, -0.05) is 19.9 Å². The quantitative estimate of drug-likeness (QED) is 0.651. The Morgan fingerprint density at radius 2 is 2.17 bits per heavy atom. The lowest BCUT2D eigenvalue weighted by atomic mass is 9.99. The van der Waals surface area contributed by atoms with E-state index in [1.807, 2.05) is 13.8 Å². The van der Waals surface area contributed by atoms with Gasteiger partial charge in [-0.2, -0.15) is 0 Å². The molecule has 0 bridgehead atoms. The Balaban J connectivity index is 2.21. The molecule has 1 aliphatic rings. The van der Waals surface area contributed by atoms with Crippen LogP contribution < -0.4 is 0 Å². The number of nitro benzene ring substituents is 1. The van der Waals surface area contributed by atoms with Crippen LogP contribution in [0.1, 0.15) is 42.1 Å². The number of carboxylic acids is 1. The van der Waals surface area contributed by atoms with Crippen molar-refractivity contribution in [3.63, 3.8) is 0 Å². The molecule has 1 unspecified atom stereocenters. The zero-order valence-corrected chi connectivity index (χ0v) is 13.6. The van der Waals surface area contributed by atoms with Crippen molar-refractivity contribution < 1.29 is 24.4 Å². The van der Waals surface area contributed by atoms with E-state index < -0.39 is 17.0 Å². The molecule has 0 aliphatic carbocycles. The van der Waals surface area contributed by atoms with Crippen LogP contribution in [-0.4, -0.2) is 52.6 Å². The molecular formula is C16H20N2O6. The fourth-order valence-corrected chi connectivity index (χ4v) is 2.73. The summed E-state index contributed by atoms with van der Waals surface area (Å²) in [7, 11) is 0. The molecule has 1 atom stereocenters. The normalized spacial score (nSPS) is 17.8. The fourth-order valence-electron chi connectivity index (χ4n) is 2.73. The first-order valence-electron chi connectivity index (χ1n) is 7.70. The van der Waals surface area contributed by atoms with E-state index in [1.54, 1.807) is 12.1 Å². The molecule has 1 saturated heterocycles. The number of hydrogen-bond donors (Lipinski definition) is 1. The lowest BCUT2D eigenvalue weighted by Crippen LogP contribution is -2.46. The molecule has 24 heavy (non-hydrogen) atoms. The Morgan fingerprint density at radius 1 is 1.46 bits per heavy atom. The van der Waals surface area contributed by atoms with Crippen LogP contribution >= 0.6 is 0 Å². The molecule has 8 nitrogen and oxygen atoms in total. The van der Waals surface area contributed by atoms with E-state index in [2.05, 4.69) is 0 Å². The number of aliphatic carboxylic acids is 1. The first kappa shape index (κ1) is 17.9. The van der Waals surface area contributed by atoms with Crippen LogP contribution in [0.4, 0.5) is 5.69 Å². The van der Waals surface area contributed by atoms with Gasteiger partial charge in [0, 0.05) is 30.3 Å². The highest BCUT2D eigenvalue weighted by Gasteiger charge is 2.28. The Bertz CT molecular complexity index is 658. The minimum Gasteiger partial charge on any atom is -0.481 e. The van der Waals surface area contributed by atoms with Crippen LogP contribution in [0, 0.1) is 10.1 Å². The maximum atomic E-state index is 12.6. The van der Waals surface area contributed by atoms with Gasteiger partial charge in [0.25, 0.3) is 11.6 Å². The number of carbonyl (C=O) groups excluding carboxylic acids is 1. The molecule has 1 aromatic carbocycles. The van der Waals surface area contributed by atoms with Gasteiger partial charge in [-0.3, -0.25) is 19.7 Å². The largest absolute Gasteiger partial charge is 0.481 e. The number of hydrogen-bond acceptors (Lipinski definition) is 5. The summed E-state index contributed by atoms with van der Waals surface area (Å²) in [6.07, 6.45) is -0.749. The third-order valence-electron chi connectivity index (χ3n) is 3.92. The highest BCUT2D eigenvalue weighted by molar-refractivity contribution is 5.95. The van der Waals surface area contributed by atoms with E-state index in [4.69, 9.17) is 9.84 Å². The predicted molar refractivity (Wildman–Crippen MR) is 85.1 cm³/mol. The second-order valence-electron chi connectivity index (χ2n) is 6.03. The van der Waals surface area contributed by atoms with Crippen molar-refractivity contribution in [2.75, 3.05) is 19.7 Å². The molecular weight excluding hydrogens is 316 g/mol. The highest BCUT2D eigenvalue weighted by atomic mass is 16.6. The van der Waals surface area contributed by atoms with E-state index in [0.29, 0.717) is 12.1 Å². The summed E-state index contributed by atoms with van der Waals surface area (Å²) in [6, 6.07) is 4.47. The molecule has 1 N–H and O–H groups in total. The molecule has 1 aromatic rings. The molecule has 8 heteroatoms. The molecule has 1 fully saturated rings. The molecule has 0 saturated carbocycles. The molecule has 2 rings (SSSR count). The molecule has 1 heterocycles. The van der Waals surface area contributed by atoms with Gasteiger partial charge in [-0.05, 0) is 12.0 Å². The standard InChI is InChI=1S/C16H20N2O6/c1-10(2)13-4-3-11(7-14(13)18(22)23)16(21)17-5-6-24-12(9-17)8-15(19)20/h3-4,7,10,12H,5-6,8-9H2,1-2H3,(H,19,20). The van der Waals surface area contributed by atoms with Gasteiger partial charge in [0.2, 0.25) is 0 Å². The monoisotopic (exact) mass is 336 g/mol. The molecule has 130 valence electrons. The van der Waals surface area contributed by atoms with Crippen LogP contribution in [0.25, 0.3) is 0 Å². The number of nitro groups is 1. The second kappa shape index (κ2) is 7.39. The van der Waals surface area contributed by atoms with E-state index in [0.717, 1.165) is 0 Å². The van der Waals surface area contributed by atoms with Crippen molar-refractivity contribution in [1.29, 1.82) is 0 Å². The van der Waals surface area contributed by atoms with Gasteiger partial charge in [-0.15, -0.1) is 0 Å². The number of ether oxygens (including phenoxy) is 1. The number of morpholine rings is 1. The average molecular weight is 336 g/mol. The highest BCUT2D eigenvalue weighted by Crippen LogP contribution is 2.28. The zero-order chi connectivity index (χ0) is 17.9. The van der Waals surface area contributed by atoms with E-state index in [1.165, 1.54) is 11.0 Å². The van der Waals surface area contributed by atoms with Crippen molar-refractivity contribution in [2.45, 2.75) is 32.3 Å². The lowest BCUT2D eigenvalue weighted by molar-refractivity contribution is -0.385. The second-order valence-corrected chi connectivity index (χ2v) is 6.03. The Labute approximate surface area is 139 Å². The maximum Gasteiger partial charge on any atom is 0.306 e. The van der Waals surface area contributed by atoms with Crippen LogP contribution in [0.3, 0.4) is 0 Å². The van der Waals surface area contributed by atoms with Crippen molar-refractivity contribution in [3.05, 3.63) is 39.4 Å². The number of carbonyl (C=O) groups is 2. The van der Waals surface area contributed by atoms with Gasteiger partial charge in [0.15, 0.2) is 0 Å². The van der Waals surface area contributed by atoms with Gasteiger partial charge in [-0.25, -0.2) is 0 Å². The summed E-state index contributed by atoms with van der Waals surface area (Å²) >= 11 is 0. The first-order valence-corrected chi connectivity index (χ1v) is 7.70. The van der Waals surface area contributed by atoms with Gasteiger partial charge >= 0.3 is 5.97 Å². The molecule has 0 aromatic heterocycles. The zero-order valence-electron chi connectivity index (χ0n) is 13.6. The number of carboxylic acid groups (broad SMARTS) is 1. The number of benzene rings is 1. The van der Waals surface area contributed by atoms with E-state index in [9.17, 15) is 19.7 Å². The maximum absolute atomic E-state index is 12.6. The Morgan fingerprint density at radius 3 is 2.75 bits per heavy atom. The molecule has 0 spiro atoms. The Kier molecular flexibility index (Phi) is 5.50. The fraction of sp³-hybridized carbons (Fsp3) is 0.500. The minimum absolute atomic E-state index is 0.0297. The van der Waals surface area contributed by atoms with Crippen molar-refractivity contribution in [3.8, 4) is 0 Å². The van der Waals surface area contributed by atoms with Crippen LogP contribution in [0.2, 0.25) is 0 Å². The predicted octanol–water partition coefficient (Wildman–Crippen LogP) is 2.03. The van der Waals surface area contributed by atoms with Crippen molar-refractivity contribution in [2.24, 2.45) is 0 Å². The van der Waals surface area contributed by atoms with Gasteiger partial charge in [0.1, 0.15) is 0 Å². The Hall–Kier alpha value is -2.48. The summed E-state index contributed by atoms with van der Waals surface area (Å²) in [5, 5.41) is 20.1. The summed E-state index contributed by atoms with van der Waals surface area (Å²) in [4.78, 5) is 35.6. The van der Waals surface area contributed by atoms with Crippen LogP contribution in [-0.2, 0) is 9.53 Å². The average Bonchev–Trinajstić information content (AvgIpc) is 2.53. The minimum atomic E-state index is -0.994. The molecule has 1 amide bonds. The third-order valence-corrected chi connectivity index (χ3v) is 3.92. The van der Waals surface area contributed by atoms with Gasteiger partial charge in [0.05, 0.1) is 24.1 Å². The smallest absolute Gasteiger partial charge is 0.306 e. The molecule has 1 aliphatic heterocycles. The van der Waals surface area contributed by atoms with Crippen molar-refractivity contribution in [1.82, 2.24) is 4.90 Å². The van der Waals surface area contributed by atoms with Crippen LogP contribution in [0.15, 0.2) is 18.2 Å². The van der Waals surface area contributed by atoms with Crippen LogP contribution in [0.5, 0.6) is 0 Å². The lowest BCUT2D eigenvalue weighted by Gasteiger charge is -2.32. The van der Waals surface area contributed by atoms with Gasteiger partial charge < -0.3 is 14.7 Å². The summed E-state index contributed by atoms with van der Waals surface area (Å²) < 4.78 is 5.33. The number of rotatable bonds is 5. The SMILES string of the molecule is CC(C)c1ccc(C(=O)N2CCOC(CC(=O)O)C2)cc1[N+](=O)[O-]. The number of amides is 1. The van der Waals surface area contributed by atoms with E-state index >= 15 is 0 Å². The topological polar surface area (TPSA) is 110 Å². The number of nitrogens with zero attached hydrogens (tertiary/aromatic N) is 2. The summed E-state index contributed by atoms with van der Waals surface area (Å²) in [5.74, 6) is -1.38.